The summed E-state index contributed by atoms with van der Waals surface area (Å²) in [6, 6.07) is 19.8. The second kappa shape index (κ2) is 6.20. The van der Waals surface area contributed by atoms with Gasteiger partial charge < -0.3 is 0 Å². The van der Waals surface area contributed by atoms with Crippen molar-refractivity contribution >= 4 is 16.7 Å². The third-order valence-electron chi connectivity index (χ3n) is 5.36. The number of hydrogen-bond donors (Lipinski definition) is 2. The number of benzene rings is 2. The molecule has 0 radical (unpaired) electrons. The van der Waals surface area contributed by atoms with E-state index in [0.29, 0.717) is 11.5 Å². The molecule has 1 aliphatic carbocycles. The molecule has 0 bridgehead atoms. The Morgan fingerprint density at radius 1 is 0.964 bits per heavy atom. The van der Waals surface area contributed by atoms with Crippen LogP contribution < -0.4 is 5.62 Å². The molecule has 0 saturated heterocycles. The summed E-state index contributed by atoms with van der Waals surface area (Å²) < 4.78 is 1.36. The fraction of sp³-hybridized carbons (Fsp3) is 0.136. The smallest absolute Gasteiger partial charge is 0.244 e. The van der Waals surface area contributed by atoms with Crippen LogP contribution in [0, 0.1) is 10.8 Å². The Balaban J connectivity index is 1.58. The van der Waals surface area contributed by atoms with E-state index in [0.717, 1.165) is 34.9 Å². The van der Waals surface area contributed by atoms with E-state index in [-0.39, 0.29) is 5.62 Å². The summed E-state index contributed by atoms with van der Waals surface area (Å²) in [7, 11) is 0. The van der Waals surface area contributed by atoms with Gasteiger partial charge in [0.1, 0.15) is 11.5 Å². The Morgan fingerprint density at radius 2 is 1.79 bits per heavy atom. The van der Waals surface area contributed by atoms with E-state index in [2.05, 4.69) is 21.1 Å². The average molecular weight is 366 g/mol. The molecule has 0 unspecified atom stereocenters. The zero-order valence-corrected chi connectivity index (χ0v) is 15.1. The molecule has 0 atom stereocenters. The number of rotatable bonds is 3. The van der Waals surface area contributed by atoms with Gasteiger partial charge >= 0.3 is 0 Å². The Kier molecular flexibility index (Phi) is 3.65. The maximum atomic E-state index is 8.87. The Morgan fingerprint density at radius 3 is 2.57 bits per heavy atom. The summed E-state index contributed by atoms with van der Waals surface area (Å²) in [6.45, 7) is 0. The van der Waals surface area contributed by atoms with E-state index >= 15 is 0 Å². The Hall–Kier alpha value is -3.67. The number of nitrogens with one attached hydrogen (secondary N) is 2. The molecular formula is C22H18N6. The van der Waals surface area contributed by atoms with Crippen LogP contribution in [0.4, 0.5) is 0 Å². The molecule has 5 rings (SSSR count). The van der Waals surface area contributed by atoms with E-state index in [4.69, 9.17) is 10.8 Å². The summed E-state index contributed by atoms with van der Waals surface area (Å²) in [4.78, 5) is 8.55. The largest absolute Gasteiger partial charge is 0.286 e. The fourth-order valence-corrected chi connectivity index (χ4v) is 3.62. The number of pyridine rings is 1. The van der Waals surface area contributed by atoms with Gasteiger partial charge in [0.05, 0.1) is 17.1 Å². The van der Waals surface area contributed by atoms with Crippen molar-refractivity contribution in [2.75, 3.05) is 0 Å². The molecular weight excluding hydrogens is 348 g/mol. The molecule has 28 heavy (non-hydrogen) atoms. The normalized spacial score (nSPS) is 14.7. The van der Waals surface area contributed by atoms with Crippen LogP contribution in [0.3, 0.4) is 0 Å². The first kappa shape index (κ1) is 16.5. The van der Waals surface area contributed by atoms with Gasteiger partial charge in [0.2, 0.25) is 5.62 Å². The molecule has 136 valence electrons. The summed E-state index contributed by atoms with van der Waals surface area (Å²) in [5.74, 6) is 0.297. The predicted octanol–water partition coefficient (Wildman–Crippen LogP) is 3.53. The lowest BCUT2D eigenvalue weighted by molar-refractivity contribution is 0.715. The van der Waals surface area contributed by atoms with Gasteiger partial charge in [0.15, 0.2) is 0 Å². The van der Waals surface area contributed by atoms with Gasteiger partial charge in [-0.05, 0) is 36.6 Å². The van der Waals surface area contributed by atoms with Crippen molar-refractivity contribution < 1.29 is 0 Å². The minimum absolute atomic E-state index is 0.0292. The lowest BCUT2D eigenvalue weighted by Gasteiger charge is -2.19. The maximum Gasteiger partial charge on any atom is 0.244 e. The molecule has 2 aromatic carbocycles. The van der Waals surface area contributed by atoms with Crippen molar-refractivity contribution in [1.82, 2.24) is 19.7 Å². The van der Waals surface area contributed by atoms with Crippen LogP contribution in [0.2, 0.25) is 0 Å². The van der Waals surface area contributed by atoms with Gasteiger partial charge in [0, 0.05) is 17.1 Å². The van der Waals surface area contributed by atoms with Gasteiger partial charge in [-0.1, -0.05) is 42.5 Å². The third kappa shape index (κ3) is 2.62. The van der Waals surface area contributed by atoms with Gasteiger partial charge in [-0.15, -0.1) is 0 Å². The number of aromatic nitrogens is 4. The number of fused-ring (bicyclic) bond motifs is 1. The zero-order valence-electron chi connectivity index (χ0n) is 15.1. The van der Waals surface area contributed by atoms with Crippen LogP contribution in [-0.2, 0) is 5.41 Å². The van der Waals surface area contributed by atoms with Crippen molar-refractivity contribution in [3.63, 3.8) is 0 Å². The van der Waals surface area contributed by atoms with E-state index in [1.807, 2.05) is 54.6 Å². The second-order valence-corrected chi connectivity index (χ2v) is 7.09. The first-order chi connectivity index (χ1) is 13.7. The molecule has 6 heteroatoms. The minimum atomic E-state index is -0.422. The zero-order chi connectivity index (χ0) is 19.1. The SMILES string of the molecule is N=C(n1nc(-c2ccccc2)cnc1=N)C1(c2ccc3ncccc3c2)CC1. The van der Waals surface area contributed by atoms with Gasteiger partial charge in [0.25, 0.3) is 0 Å². The molecule has 4 aromatic rings. The second-order valence-electron chi connectivity index (χ2n) is 7.09. The van der Waals surface area contributed by atoms with Crippen molar-refractivity contribution in [1.29, 1.82) is 10.8 Å². The minimum Gasteiger partial charge on any atom is -0.286 e. The monoisotopic (exact) mass is 366 g/mol. The van der Waals surface area contributed by atoms with Crippen LogP contribution in [0.5, 0.6) is 0 Å². The highest BCUT2D eigenvalue weighted by molar-refractivity contribution is 5.95. The quantitative estimate of drug-likeness (QED) is 0.429. The topological polar surface area (TPSA) is 91.3 Å². The molecule has 0 spiro atoms. The lowest BCUT2D eigenvalue weighted by Crippen LogP contribution is -2.38. The van der Waals surface area contributed by atoms with Crippen LogP contribution in [0.25, 0.3) is 22.2 Å². The lowest BCUT2D eigenvalue weighted by atomic mass is 9.93. The van der Waals surface area contributed by atoms with Crippen LogP contribution >= 0.6 is 0 Å². The van der Waals surface area contributed by atoms with Crippen molar-refractivity contribution in [3.8, 4) is 11.3 Å². The van der Waals surface area contributed by atoms with E-state index in [9.17, 15) is 0 Å². The van der Waals surface area contributed by atoms with E-state index < -0.39 is 5.41 Å². The molecule has 1 fully saturated rings. The first-order valence-corrected chi connectivity index (χ1v) is 9.18. The van der Waals surface area contributed by atoms with Crippen molar-refractivity contribution in [2.24, 2.45) is 0 Å². The number of hydrogen-bond acceptors (Lipinski definition) is 5. The molecule has 0 aliphatic heterocycles. The summed E-state index contributed by atoms with van der Waals surface area (Å²) in [5.41, 5.74) is 3.12. The standard InChI is InChI=1S/C22H18N6/c23-20(28-21(24)26-14-19(27-28)15-5-2-1-3-6-15)22(10-11-22)17-8-9-18-16(13-17)7-4-12-25-18/h1-9,12-14,23-24H,10-11H2. The molecule has 0 amide bonds. The van der Waals surface area contributed by atoms with Crippen molar-refractivity contribution in [3.05, 3.63) is 84.2 Å². The van der Waals surface area contributed by atoms with Gasteiger partial charge in [-0.25, -0.2) is 4.98 Å². The maximum absolute atomic E-state index is 8.87. The van der Waals surface area contributed by atoms with E-state index in [1.54, 1.807) is 12.4 Å². The summed E-state index contributed by atoms with van der Waals surface area (Å²) in [6.07, 6.45) is 5.09. The third-order valence-corrected chi connectivity index (χ3v) is 5.36. The van der Waals surface area contributed by atoms with E-state index in [1.165, 1.54) is 4.68 Å². The first-order valence-electron chi connectivity index (χ1n) is 9.18. The molecule has 1 saturated carbocycles. The Bertz CT molecular complexity index is 1250. The van der Waals surface area contributed by atoms with Crippen LogP contribution in [-0.4, -0.2) is 25.6 Å². The van der Waals surface area contributed by atoms with Crippen LogP contribution in [0.1, 0.15) is 18.4 Å². The van der Waals surface area contributed by atoms with Gasteiger partial charge in [-0.2, -0.15) is 9.78 Å². The molecule has 2 heterocycles. The van der Waals surface area contributed by atoms with Crippen molar-refractivity contribution in [2.45, 2.75) is 18.3 Å². The van der Waals surface area contributed by atoms with Gasteiger partial charge in [-0.3, -0.25) is 15.8 Å². The average Bonchev–Trinajstić information content (AvgIpc) is 3.56. The predicted molar refractivity (Wildman–Crippen MR) is 107 cm³/mol. The highest BCUT2D eigenvalue weighted by atomic mass is 15.3. The van der Waals surface area contributed by atoms with Crippen LogP contribution in [0.15, 0.2) is 73.1 Å². The number of nitrogens with zero attached hydrogens (tertiary/aromatic N) is 4. The highest BCUT2D eigenvalue weighted by Gasteiger charge is 2.50. The Labute approximate surface area is 161 Å². The summed E-state index contributed by atoms with van der Waals surface area (Å²) >= 11 is 0. The molecule has 2 N–H and O–H groups in total. The highest BCUT2D eigenvalue weighted by Crippen LogP contribution is 2.49. The molecule has 2 aromatic heterocycles. The fourth-order valence-electron chi connectivity index (χ4n) is 3.62. The molecule has 6 nitrogen and oxygen atoms in total. The molecule has 1 aliphatic rings. The summed E-state index contributed by atoms with van der Waals surface area (Å²) in [5, 5.41) is 22.7.